The molecular formula is C64H125N2O6P. The number of aliphatic hydroxyl groups is 1. The first-order valence-electron chi connectivity index (χ1n) is 31.9. The van der Waals surface area contributed by atoms with E-state index < -0.39 is 20.0 Å². The Morgan fingerprint density at radius 3 is 1.11 bits per heavy atom. The molecule has 0 spiro atoms. The van der Waals surface area contributed by atoms with Gasteiger partial charge in [0.25, 0.3) is 7.82 Å². The van der Waals surface area contributed by atoms with Crippen LogP contribution < -0.4 is 10.2 Å². The van der Waals surface area contributed by atoms with Crippen molar-refractivity contribution < 1.29 is 32.9 Å². The standard InChI is InChI=1S/C64H125N2O6P/c1-6-8-10-12-14-16-18-20-22-24-26-27-28-29-30-31-32-33-34-35-36-37-38-40-42-44-46-48-50-52-54-56-58-64(68)65-62(61-72-73(69,70)71-60-59-66(3,4)5)63(67)57-55-53-51-49-47-45-43-41-39-25-23-21-19-17-15-13-11-9-7-2/h29-30,47,49,55,57,62-63,67H,6-28,31-46,48,50-54,56,58-61H2,1-5H3,(H-,65,68,69,70)/b30-29-,49-47+,57-55+. The van der Waals surface area contributed by atoms with E-state index in [1.807, 2.05) is 27.2 Å². The van der Waals surface area contributed by atoms with E-state index in [-0.39, 0.29) is 19.1 Å². The van der Waals surface area contributed by atoms with Gasteiger partial charge in [0.1, 0.15) is 13.2 Å². The van der Waals surface area contributed by atoms with Gasteiger partial charge in [-0.2, -0.15) is 0 Å². The minimum absolute atomic E-state index is 0.00495. The van der Waals surface area contributed by atoms with Crippen LogP contribution in [0.2, 0.25) is 0 Å². The molecule has 0 rings (SSSR count). The molecule has 3 atom stereocenters. The van der Waals surface area contributed by atoms with Crippen LogP contribution in [0.1, 0.15) is 316 Å². The molecule has 0 aromatic heterocycles. The number of quaternary nitrogens is 1. The molecular weight excluding hydrogens is 924 g/mol. The molecule has 0 bridgehead atoms. The second-order valence-corrected chi connectivity index (χ2v) is 24.5. The number of carbonyl (C=O) groups is 1. The number of nitrogens with zero attached hydrogens (tertiary/aromatic N) is 1. The molecule has 0 fully saturated rings. The van der Waals surface area contributed by atoms with Gasteiger partial charge in [0.05, 0.1) is 39.9 Å². The van der Waals surface area contributed by atoms with Gasteiger partial charge in [-0.15, -0.1) is 0 Å². The molecule has 0 aromatic carbocycles. The Hall–Kier alpha value is -1.28. The number of amides is 1. The van der Waals surface area contributed by atoms with Crippen molar-refractivity contribution in [3.05, 3.63) is 36.5 Å². The van der Waals surface area contributed by atoms with Gasteiger partial charge >= 0.3 is 0 Å². The van der Waals surface area contributed by atoms with Crippen molar-refractivity contribution in [1.82, 2.24) is 5.32 Å². The van der Waals surface area contributed by atoms with Crippen LogP contribution in [0.5, 0.6) is 0 Å². The fourth-order valence-electron chi connectivity index (χ4n) is 9.58. The minimum Gasteiger partial charge on any atom is -0.756 e. The predicted octanol–water partition coefficient (Wildman–Crippen LogP) is 19.1. The van der Waals surface area contributed by atoms with Gasteiger partial charge in [-0.1, -0.05) is 288 Å². The van der Waals surface area contributed by atoms with E-state index in [9.17, 15) is 19.4 Å². The van der Waals surface area contributed by atoms with Crippen LogP contribution in [0.4, 0.5) is 0 Å². The SMILES string of the molecule is CCCCCCCCCCCCCC/C=C\CCCCCCCCCCCCCCCCCCC(=O)NC(COP(=O)([O-])OCC[N+](C)(C)C)C(O)/C=C/CC/C=C/CCCCCCCCCCCCCCC. The molecule has 0 radical (unpaired) electrons. The lowest BCUT2D eigenvalue weighted by molar-refractivity contribution is -0.870. The third-order valence-corrected chi connectivity index (χ3v) is 15.5. The van der Waals surface area contributed by atoms with Crippen molar-refractivity contribution in [1.29, 1.82) is 0 Å². The topological polar surface area (TPSA) is 108 Å². The summed E-state index contributed by atoms with van der Waals surface area (Å²) in [6.07, 6.45) is 72.5. The van der Waals surface area contributed by atoms with E-state index >= 15 is 0 Å². The molecule has 0 aromatic rings. The van der Waals surface area contributed by atoms with Crippen LogP contribution in [0.15, 0.2) is 36.5 Å². The van der Waals surface area contributed by atoms with E-state index in [0.717, 1.165) is 38.5 Å². The monoisotopic (exact) mass is 1050 g/mol. The maximum absolute atomic E-state index is 13.0. The second kappa shape index (κ2) is 55.5. The third-order valence-electron chi connectivity index (χ3n) is 14.6. The summed E-state index contributed by atoms with van der Waals surface area (Å²) in [6.45, 7) is 4.67. The molecule has 0 aliphatic rings. The summed E-state index contributed by atoms with van der Waals surface area (Å²) in [7, 11) is 1.26. The molecule has 8 nitrogen and oxygen atoms in total. The number of aliphatic hydroxyl groups excluding tert-OH is 1. The molecule has 73 heavy (non-hydrogen) atoms. The Kier molecular flexibility index (Phi) is 54.5. The first-order chi connectivity index (χ1) is 35.5. The van der Waals surface area contributed by atoms with E-state index in [2.05, 4.69) is 43.5 Å². The first kappa shape index (κ1) is 71.7. The zero-order valence-corrected chi connectivity index (χ0v) is 50.3. The fourth-order valence-corrected chi connectivity index (χ4v) is 10.3. The highest BCUT2D eigenvalue weighted by atomic mass is 31.2. The molecule has 0 saturated carbocycles. The lowest BCUT2D eigenvalue weighted by atomic mass is 10.0. The summed E-state index contributed by atoms with van der Waals surface area (Å²) in [5.41, 5.74) is 0. The number of phosphoric ester groups is 1. The lowest BCUT2D eigenvalue weighted by Gasteiger charge is -2.29. The molecule has 2 N–H and O–H groups in total. The van der Waals surface area contributed by atoms with Gasteiger partial charge in [0.15, 0.2) is 0 Å². The van der Waals surface area contributed by atoms with Crippen molar-refractivity contribution in [3.8, 4) is 0 Å². The van der Waals surface area contributed by atoms with Gasteiger partial charge in [0, 0.05) is 6.42 Å². The predicted molar refractivity (Wildman–Crippen MR) is 316 cm³/mol. The van der Waals surface area contributed by atoms with Crippen LogP contribution in [0.3, 0.4) is 0 Å². The highest BCUT2D eigenvalue weighted by molar-refractivity contribution is 7.45. The first-order valence-corrected chi connectivity index (χ1v) is 33.3. The van der Waals surface area contributed by atoms with Crippen LogP contribution in [0, 0.1) is 0 Å². The Morgan fingerprint density at radius 2 is 0.767 bits per heavy atom. The van der Waals surface area contributed by atoms with Crippen molar-refractivity contribution in [3.63, 3.8) is 0 Å². The van der Waals surface area contributed by atoms with Crippen molar-refractivity contribution >= 4 is 13.7 Å². The Morgan fingerprint density at radius 1 is 0.466 bits per heavy atom. The van der Waals surface area contributed by atoms with Crippen LogP contribution in [-0.2, 0) is 18.4 Å². The fraction of sp³-hybridized carbons (Fsp3) is 0.891. The van der Waals surface area contributed by atoms with Crippen molar-refractivity contribution in [2.24, 2.45) is 0 Å². The van der Waals surface area contributed by atoms with Gasteiger partial charge < -0.3 is 28.8 Å². The van der Waals surface area contributed by atoms with Crippen LogP contribution in [-0.4, -0.2) is 68.5 Å². The Labute approximate surface area is 455 Å². The van der Waals surface area contributed by atoms with Gasteiger partial charge in [-0.3, -0.25) is 9.36 Å². The van der Waals surface area contributed by atoms with Crippen molar-refractivity contribution in [2.45, 2.75) is 328 Å². The third kappa shape index (κ3) is 58.2. The summed E-state index contributed by atoms with van der Waals surface area (Å²) in [5.74, 6) is -0.202. The highest BCUT2D eigenvalue weighted by Crippen LogP contribution is 2.38. The van der Waals surface area contributed by atoms with Crippen molar-refractivity contribution in [2.75, 3.05) is 40.9 Å². The quantitative estimate of drug-likeness (QED) is 0.0272. The number of hydrogen-bond donors (Lipinski definition) is 2. The molecule has 9 heteroatoms. The van der Waals surface area contributed by atoms with E-state index in [0.29, 0.717) is 17.4 Å². The number of unbranched alkanes of at least 4 members (excludes halogenated alkanes) is 42. The number of allylic oxidation sites excluding steroid dienone is 5. The van der Waals surface area contributed by atoms with Gasteiger partial charge in [-0.25, -0.2) is 0 Å². The number of phosphoric acid groups is 1. The maximum atomic E-state index is 13.0. The zero-order valence-electron chi connectivity index (χ0n) is 49.4. The second-order valence-electron chi connectivity index (χ2n) is 23.1. The maximum Gasteiger partial charge on any atom is 0.268 e. The summed E-state index contributed by atoms with van der Waals surface area (Å²) in [5, 5.41) is 13.9. The van der Waals surface area contributed by atoms with E-state index in [1.54, 1.807) is 6.08 Å². The molecule has 3 unspecified atom stereocenters. The van der Waals surface area contributed by atoms with Gasteiger partial charge in [-0.05, 0) is 57.8 Å². The number of carbonyl (C=O) groups excluding carboxylic acids is 1. The Bertz CT molecular complexity index is 1280. The normalized spacial score (nSPS) is 14.0. The Balaban J connectivity index is 4.08. The lowest BCUT2D eigenvalue weighted by Crippen LogP contribution is -2.45. The number of rotatable bonds is 59. The summed E-state index contributed by atoms with van der Waals surface area (Å²) in [4.78, 5) is 25.5. The molecule has 0 heterocycles. The molecule has 0 saturated heterocycles. The number of likely N-dealkylation sites (N-methyl/N-ethyl adjacent to an activating group) is 1. The molecule has 432 valence electrons. The smallest absolute Gasteiger partial charge is 0.268 e. The average Bonchev–Trinajstić information content (AvgIpc) is 3.35. The van der Waals surface area contributed by atoms with E-state index in [4.69, 9.17) is 9.05 Å². The highest BCUT2D eigenvalue weighted by Gasteiger charge is 2.23. The summed E-state index contributed by atoms with van der Waals surface area (Å²) >= 11 is 0. The van der Waals surface area contributed by atoms with E-state index in [1.165, 1.54) is 257 Å². The number of nitrogens with one attached hydrogen (secondary N) is 1. The molecule has 0 aliphatic carbocycles. The van der Waals surface area contributed by atoms with Crippen LogP contribution in [0.25, 0.3) is 0 Å². The number of hydrogen-bond acceptors (Lipinski definition) is 6. The minimum atomic E-state index is -4.61. The van der Waals surface area contributed by atoms with Gasteiger partial charge in [0.2, 0.25) is 5.91 Å². The summed E-state index contributed by atoms with van der Waals surface area (Å²) < 4.78 is 23.4. The average molecular weight is 1050 g/mol. The largest absolute Gasteiger partial charge is 0.756 e. The summed E-state index contributed by atoms with van der Waals surface area (Å²) in [6, 6.07) is -0.903. The molecule has 0 aliphatic heterocycles. The zero-order chi connectivity index (χ0) is 53.5. The van der Waals surface area contributed by atoms with Crippen LogP contribution >= 0.6 is 7.82 Å². The molecule has 1 amide bonds.